The van der Waals surface area contributed by atoms with Gasteiger partial charge in [-0.15, -0.1) is 0 Å². The number of aromatic nitrogens is 2. The minimum absolute atomic E-state index is 0.0562. The summed E-state index contributed by atoms with van der Waals surface area (Å²) in [6, 6.07) is 3.70. The van der Waals surface area contributed by atoms with Gasteiger partial charge < -0.3 is 20.0 Å². The molecule has 0 radical (unpaired) electrons. The lowest BCUT2D eigenvalue weighted by atomic mass is 10.1. The number of fused-ring (bicyclic) bond motifs is 1. The van der Waals surface area contributed by atoms with E-state index in [1.165, 1.54) is 0 Å². The average Bonchev–Trinajstić information content (AvgIpc) is 2.84. The van der Waals surface area contributed by atoms with Crippen LogP contribution < -0.4 is 5.84 Å². The van der Waals surface area contributed by atoms with Crippen molar-refractivity contribution in [2.24, 2.45) is 21.4 Å². The van der Waals surface area contributed by atoms with E-state index in [0.717, 1.165) is 35.9 Å². The fraction of sp³-hybridized carbons (Fsp3) is 0.600. The lowest BCUT2D eigenvalue weighted by Gasteiger charge is -2.29. The number of likely N-dealkylation sites (tertiary alicyclic amines) is 1. The van der Waals surface area contributed by atoms with Gasteiger partial charge in [0.25, 0.3) is 5.95 Å². The molecule has 1 aromatic carbocycles. The van der Waals surface area contributed by atoms with Crippen molar-refractivity contribution in [1.82, 2.24) is 14.5 Å². The van der Waals surface area contributed by atoms with Crippen LogP contribution in [0, 0.1) is 11.8 Å². The van der Waals surface area contributed by atoms with Crippen molar-refractivity contribution in [3.63, 3.8) is 0 Å². The van der Waals surface area contributed by atoms with Crippen LogP contribution in [0.15, 0.2) is 27.6 Å². The van der Waals surface area contributed by atoms with E-state index in [-0.39, 0.29) is 18.7 Å². The van der Waals surface area contributed by atoms with Crippen molar-refractivity contribution in [2.75, 3.05) is 13.1 Å². The second-order valence-electron chi connectivity index (χ2n) is 8.64. The quantitative estimate of drug-likeness (QED) is 0.339. The van der Waals surface area contributed by atoms with Gasteiger partial charge in [0.15, 0.2) is 0 Å². The van der Waals surface area contributed by atoms with Crippen LogP contribution >= 0.6 is 0 Å². The van der Waals surface area contributed by atoms with Crippen LogP contribution in [0.2, 0.25) is 0 Å². The number of carbonyl (C=O) groups is 1. The van der Waals surface area contributed by atoms with Crippen LogP contribution in [-0.4, -0.2) is 39.2 Å². The second kappa shape index (κ2) is 8.76. The molecule has 0 bridgehead atoms. The first-order chi connectivity index (χ1) is 14.2. The zero-order chi connectivity index (χ0) is 21.9. The number of nitrogens with zero attached hydrogens (tertiary/aromatic N) is 6. The number of amides is 1. The molecule has 0 saturated carbocycles. The van der Waals surface area contributed by atoms with E-state index in [1.54, 1.807) is 4.90 Å². The number of carbonyl (C=O) groups excluding carboxylic acids is 1. The number of nitroso groups, excluding NO2 is 1. The molecule has 3 rings (SSSR count). The molecule has 10 heteroatoms. The number of hydrogen-bond donors (Lipinski definition) is 1. The van der Waals surface area contributed by atoms with Crippen molar-refractivity contribution in [3.8, 4) is 0 Å². The van der Waals surface area contributed by atoms with Crippen LogP contribution in [0.3, 0.4) is 0 Å². The van der Waals surface area contributed by atoms with Gasteiger partial charge in [-0.05, 0) is 64.2 Å². The van der Waals surface area contributed by atoms with E-state index < -0.39 is 5.60 Å². The molecule has 0 spiro atoms. The molecule has 162 valence electrons. The van der Waals surface area contributed by atoms with Crippen LogP contribution in [0.25, 0.3) is 11.0 Å². The van der Waals surface area contributed by atoms with Gasteiger partial charge in [-0.3, -0.25) is 0 Å². The zero-order valence-electron chi connectivity index (χ0n) is 18.0. The fourth-order valence-electron chi connectivity index (χ4n) is 3.95. The molecule has 1 aliphatic heterocycles. The normalized spacial score (nSPS) is 18.0. The van der Waals surface area contributed by atoms with Crippen LogP contribution in [0.5, 0.6) is 0 Å². The Balaban J connectivity index is 2.03. The van der Waals surface area contributed by atoms with Crippen molar-refractivity contribution in [3.05, 3.63) is 28.2 Å². The molecule has 10 nitrogen and oxygen atoms in total. The molecule has 1 aromatic heterocycles. The van der Waals surface area contributed by atoms with Gasteiger partial charge in [-0.25, -0.2) is 9.78 Å². The van der Waals surface area contributed by atoms with Gasteiger partial charge in [0.1, 0.15) is 12.1 Å². The number of ether oxygens (including phenoxy) is 1. The predicted molar refractivity (Wildman–Crippen MR) is 113 cm³/mol. The third-order valence-corrected chi connectivity index (χ3v) is 5.07. The molecular formula is C20H29N7O3. The molecule has 1 aliphatic rings. The number of rotatable bonds is 4. The first-order valence-corrected chi connectivity index (χ1v) is 10.1. The molecule has 1 fully saturated rings. The summed E-state index contributed by atoms with van der Waals surface area (Å²) in [6.07, 6.45) is 2.38. The molecule has 1 saturated heterocycles. The SMILES string of the molecule is Cc1cc(CN=O)cc2nc(N=NN)n([C@@H]3CCCCN(C(=O)OC(C)(C)C)C3)c12. The predicted octanol–water partition coefficient (Wildman–Crippen LogP) is 4.53. The van der Waals surface area contributed by atoms with Crippen molar-refractivity contribution >= 4 is 23.1 Å². The Bertz CT molecular complexity index is 961. The van der Waals surface area contributed by atoms with Gasteiger partial charge in [0.2, 0.25) is 0 Å². The van der Waals surface area contributed by atoms with E-state index in [0.29, 0.717) is 24.6 Å². The highest BCUT2D eigenvalue weighted by atomic mass is 16.6. The molecule has 2 aromatic rings. The maximum Gasteiger partial charge on any atom is 0.410 e. The highest BCUT2D eigenvalue weighted by molar-refractivity contribution is 5.82. The number of nitrogens with two attached hydrogens (primary N) is 1. The third-order valence-electron chi connectivity index (χ3n) is 5.07. The second-order valence-corrected chi connectivity index (χ2v) is 8.64. The number of imidazole rings is 1. The Kier molecular flexibility index (Phi) is 6.33. The maximum atomic E-state index is 12.7. The summed E-state index contributed by atoms with van der Waals surface area (Å²) in [5.41, 5.74) is 2.77. The Morgan fingerprint density at radius 3 is 2.77 bits per heavy atom. The van der Waals surface area contributed by atoms with Crippen LogP contribution in [0.1, 0.15) is 57.2 Å². The molecule has 1 atom stereocenters. The summed E-state index contributed by atoms with van der Waals surface area (Å²) < 4.78 is 7.59. The van der Waals surface area contributed by atoms with Gasteiger partial charge in [0.05, 0.1) is 17.1 Å². The Morgan fingerprint density at radius 1 is 1.33 bits per heavy atom. The minimum atomic E-state index is -0.556. The smallest absolute Gasteiger partial charge is 0.410 e. The first-order valence-electron chi connectivity index (χ1n) is 10.1. The van der Waals surface area contributed by atoms with E-state index >= 15 is 0 Å². The largest absolute Gasteiger partial charge is 0.444 e. The molecule has 0 unspecified atom stereocenters. The molecule has 2 heterocycles. The molecule has 30 heavy (non-hydrogen) atoms. The van der Waals surface area contributed by atoms with E-state index in [1.807, 2.05) is 44.4 Å². The topological polar surface area (TPSA) is 128 Å². The Labute approximate surface area is 175 Å². The molecule has 1 amide bonds. The summed E-state index contributed by atoms with van der Waals surface area (Å²) in [5.74, 6) is 5.71. The lowest BCUT2D eigenvalue weighted by Crippen LogP contribution is -2.39. The van der Waals surface area contributed by atoms with Crippen LogP contribution in [-0.2, 0) is 11.3 Å². The van der Waals surface area contributed by atoms with E-state index in [9.17, 15) is 9.70 Å². The standard InChI is InChI=1S/C20H29N7O3/c1-13-9-14(11-22-29)10-16-17(13)27(18(23-16)24-25-21)15-7-5-6-8-26(12-15)19(28)30-20(2,3)4/h9-10,15H,5-8,11-12H2,1-4H3,(H2,21,23,24)/t15-/m1/s1. The minimum Gasteiger partial charge on any atom is -0.444 e. The number of benzene rings is 1. The number of hydrogen-bond acceptors (Lipinski definition) is 7. The van der Waals surface area contributed by atoms with Crippen molar-refractivity contribution in [1.29, 1.82) is 0 Å². The molecule has 0 aliphatic carbocycles. The van der Waals surface area contributed by atoms with Gasteiger partial charge in [0, 0.05) is 13.1 Å². The van der Waals surface area contributed by atoms with Crippen molar-refractivity contribution < 1.29 is 9.53 Å². The highest BCUT2D eigenvalue weighted by Gasteiger charge is 2.29. The van der Waals surface area contributed by atoms with Gasteiger partial charge in [-0.2, -0.15) is 4.91 Å². The summed E-state index contributed by atoms with van der Waals surface area (Å²) in [6.45, 7) is 8.73. The zero-order valence-corrected chi connectivity index (χ0v) is 18.0. The third kappa shape index (κ3) is 4.74. The lowest BCUT2D eigenvalue weighted by molar-refractivity contribution is 0.0238. The van der Waals surface area contributed by atoms with E-state index in [2.05, 4.69) is 20.5 Å². The Hall–Kier alpha value is -3.04. The summed E-state index contributed by atoms with van der Waals surface area (Å²) in [5, 5.41) is 10.4. The Morgan fingerprint density at radius 2 is 2.10 bits per heavy atom. The van der Waals surface area contributed by atoms with Gasteiger partial charge >= 0.3 is 6.09 Å². The van der Waals surface area contributed by atoms with Crippen LogP contribution in [0.4, 0.5) is 10.7 Å². The molecular weight excluding hydrogens is 386 g/mol. The van der Waals surface area contributed by atoms with E-state index in [4.69, 9.17) is 10.6 Å². The number of aryl methyl sites for hydroxylation is 1. The highest BCUT2D eigenvalue weighted by Crippen LogP contribution is 2.34. The maximum absolute atomic E-state index is 12.7. The average molecular weight is 415 g/mol. The molecule has 2 N–H and O–H groups in total. The van der Waals surface area contributed by atoms with Gasteiger partial charge in [-0.1, -0.05) is 21.6 Å². The monoisotopic (exact) mass is 415 g/mol. The summed E-state index contributed by atoms with van der Waals surface area (Å²) >= 11 is 0. The van der Waals surface area contributed by atoms with Crippen molar-refractivity contribution in [2.45, 2.75) is 65.1 Å². The first kappa shape index (κ1) is 21.7. The summed E-state index contributed by atoms with van der Waals surface area (Å²) in [7, 11) is 0. The fourth-order valence-corrected chi connectivity index (χ4v) is 3.95. The summed E-state index contributed by atoms with van der Waals surface area (Å²) in [4.78, 5) is 29.8.